The first-order valence-corrected chi connectivity index (χ1v) is 5.74. The van der Waals surface area contributed by atoms with E-state index in [1.165, 1.54) is 10.9 Å². The van der Waals surface area contributed by atoms with E-state index < -0.39 is 29.7 Å². The van der Waals surface area contributed by atoms with Crippen LogP contribution in [0.2, 0.25) is 0 Å². The average Bonchev–Trinajstić information content (AvgIpc) is 2.92. The van der Waals surface area contributed by atoms with Crippen LogP contribution in [0.25, 0.3) is 11.2 Å². The van der Waals surface area contributed by atoms with Crippen LogP contribution in [-0.4, -0.2) is 48.2 Å². The van der Waals surface area contributed by atoms with Crippen LogP contribution in [-0.2, 0) is 11.3 Å². The lowest BCUT2D eigenvalue weighted by Gasteiger charge is -2.15. The maximum absolute atomic E-state index is 11.8. The van der Waals surface area contributed by atoms with Crippen molar-refractivity contribution in [3.05, 3.63) is 27.2 Å². The summed E-state index contributed by atoms with van der Waals surface area (Å²) in [4.78, 5) is 32.0. The molecule has 0 saturated carbocycles. The topological polar surface area (TPSA) is 133 Å². The Bertz CT molecular complexity index is 717. The number of aromatic amines is 2. The largest absolute Gasteiger partial charge is 0.390 e. The molecule has 1 saturated heterocycles. The van der Waals surface area contributed by atoms with Gasteiger partial charge in [-0.2, -0.15) is 0 Å². The van der Waals surface area contributed by atoms with Crippen molar-refractivity contribution < 1.29 is 14.9 Å². The number of H-pyrrole nitrogens is 2. The number of fused-ring (bicyclic) bond motifs is 1. The van der Waals surface area contributed by atoms with Gasteiger partial charge in [-0.1, -0.05) is 0 Å². The van der Waals surface area contributed by atoms with Gasteiger partial charge in [-0.15, -0.1) is 0 Å². The molecule has 4 N–H and O–H groups in total. The van der Waals surface area contributed by atoms with Crippen molar-refractivity contribution in [2.75, 3.05) is 0 Å². The molecule has 1 aliphatic rings. The van der Waals surface area contributed by atoms with E-state index in [1.807, 2.05) is 0 Å². The molecule has 9 heteroatoms. The van der Waals surface area contributed by atoms with Crippen molar-refractivity contribution in [2.24, 2.45) is 0 Å². The van der Waals surface area contributed by atoms with Gasteiger partial charge in [0.05, 0.1) is 19.0 Å². The summed E-state index contributed by atoms with van der Waals surface area (Å²) in [7, 11) is 0. The molecule has 102 valence electrons. The van der Waals surface area contributed by atoms with Gasteiger partial charge in [0, 0.05) is 6.42 Å². The molecule has 0 radical (unpaired) electrons. The molecule has 0 amide bonds. The number of aliphatic hydroxyl groups is 2. The first-order valence-electron chi connectivity index (χ1n) is 5.74. The Morgan fingerprint density at radius 2 is 2.26 bits per heavy atom. The quantitative estimate of drug-likeness (QED) is 0.492. The van der Waals surface area contributed by atoms with Gasteiger partial charge in [-0.25, -0.2) is 9.78 Å². The Hall–Kier alpha value is -1.97. The van der Waals surface area contributed by atoms with Crippen molar-refractivity contribution in [3.63, 3.8) is 0 Å². The second-order valence-electron chi connectivity index (χ2n) is 4.40. The maximum Gasteiger partial charge on any atom is 0.330 e. The van der Waals surface area contributed by atoms with E-state index in [2.05, 4.69) is 15.0 Å². The SMILES string of the molecule is O=c1[nH]c(=O)n(C[C@H]2OC(O)C[C@@H]2O)c2nc[nH]c12. The molecule has 0 aliphatic carbocycles. The van der Waals surface area contributed by atoms with Gasteiger partial charge >= 0.3 is 5.69 Å². The first-order chi connectivity index (χ1) is 9.06. The monoisotopic (exact) mass is 268 g/mol. The normalized spacial score (nSPS) is 27.2. The fourth-order valence-electron chi connectivity index (χ4n) is 2.20. The van der Waals surface area contributed by atoms with E-state index in [1.54, 1.807) is 0 Å². The molecule has 9 nitrogen and oxygen atoms in total. The predicted octanol–water partition coefficient (Wildman–Crippen LogP) is -2.12. The summed E-state index contributed by atoms with van der Waals surface area (Å²) in [6, 6.07) is 0. The summed E-state index contributed by atoms with van der Waals surface area (Å²) in [6.07, 6.45) is -1.25. The van der Waals surface area contributed by atoms with Crippen molar-refractivity contribution in [1.82, 2.24) is 19.5 Å². The number of imidazole rings is 1. The third kappa shape index (κ3) is 1.97. The molecular formula is C10H12N4O5. The summed E-state index contributed by atoms with van der Waals surface area (Å²) >= 11 is 0. The van der Waals surface area contributed by atoms with Gasteiger partial charge in [0.15, 0.2) is 11.9 Å². The fraction of sp³-hybridized carbons (Fsp3) is 0.500. The summed E-state index contributed by atoms with van der Waals surface area (Å²) in [5, 5.41) is 19.0. The molecule has 2 aromatic heterocycles. The van der Waals surface area contributed by atoms with Crippen molar-refractivity contribution in [3.8, 4) is 0 Å². The van der Waals surface area contributed by atoms with Gasteiger partial charge < -0.3 is 19.9 Å². The Morgan fingerprint density at radius 1 is 1.47 bits per heavy atom. The Morgan fingerprint density at radius 3 is 2.95 bits per heavy atom. The molecule has 1 fully saturated rings. The average molecular weight is 268 g/mol. The van der Waals surface area contributed by atoms with Crippen LogP contribution in [0.15, 0.2) is 15.9 Å². The van der Waals surface area contributed by atoms with E-state index in [0.717, 1.165) is 0 Å². The minimum Gasteiger partial charge on any atom is -0.390 e. The Balaban J connectivity index is 2.04. The summed E-state index contributed by atoms with van der Waals surface area (Å²) < 4.78 is 6.30. The molecule has 3 atom stereocenters. The van der Waals surface area contributed by atoms with Crippen LogP contribution >= 0.6 is 0 Å². The molecule has 0 bridgehead atoms. The predicted molar refractivity (Wildman–Crippen MR) is 62.5 cm³/mol. The van der Waals surface area contributed by atoms with E-state index >= 15 is 0 Å². The highest BCUT2D eigenvalue weighted by atomic mass is 16.6. The van der Waals surface area contributed by atoms with Crippen LogP contribution in [0.1, 0.15) is 6.42 Å². The number of hydrogen-bond acceptors (Lipinski definition) is 6. The number of hydrogen-bond donors (Lipinski definition) is 4. The van der Waals surface area contributed by atoms with Gasteiger partial charge in [-0.05, 0) is 0 Å². The summed E-state index contributed by atoms with van der Waals surface area (Å²) in [5.74, 6) is 0. The number of rotatable bonds is 2. The molecule has 3 heterocycles. The van der Waals surface area contributed by atoms with Crippen LogP contribution in [0.4, 0.5) is 0 Å². The van der Waals surface area contributed by atoms with Gasteiger partial charge in [0.2, 0.25) is 0 Å². The highest BCUT2D eigenvalue weighted by Crippen LogP contribution is 2.20. The lowest BCUT2D eigenvalue weighted by molar-refractivity contribution is -0.0988. The van der Waals surface area contributed by atoms with Crippen molar-refractivity contribution in [2.45, 2.75) is 31.5 Å². The minimum atomic E-state index is -1.05. The highest BCUT2D eigenvalue weighted by Gasteiger charge is 2.33. The third-order valence-corrected chi connectivity index (χ3v) is 3.13. The van der Waals surface area contributed by atoms with Gasteiger partial charge in [-0.3, -0.25) is 14.3 Å². The van der Waals surface area contributed by atoms with Crippen molar-refractivity contribution >= 4 is 11.2 Å². The molecule has 3 rings (SSSR count). The lowest BCUT2D eigenvalue weighted by atomic mass is 10.2. The zero-order chi connectivity index (χ0) is 13.6. The van der Waals surface area contributed by atoms with E-state index in [-0.39, 0.29) is 24.1 Å². The molecule has 2 aromatic rings. The number of aliphatic hydroxyl groups excluding tert-OH is 2. The minimum absolute atomic E-state index is 0.00477. The smallest absolute Gasteiger partial charge is 0.330 e. The second-order valence-corrected chi connectivity index (χ2v) is 4.40. The highest BCUT2D eigenvalue weighted by molar-refractivity contribution is 5.68. The van der Waals surface area contributed by atoms with Gasteiger partial charge in [0.1, 0.15) is 11.6 Å². The van der Waals surface area contributed by atoms with Crippen LogP contribution in [0.3, 0.4) is 0 Å². The molecule has 1 unspecified atom stereocenters. The maximum atomic E-state index is 11.8. The molecule has 0 aromatic carbocycles. The summed E-state index contributed by atoms with van der Waals surface area (Å²) in [6.45, 7) is -0.00477. The Kier molecular flexibility index (Phi) is 2.73. The second kappa shape index (κ2) is 4.30. The standard InChI is InChI=1S/C10H12N4O5/c15-4-1-6(16)19-5(4)2-14-8-7(11-3-12-8)9(17)13-10(14)18/h3-6,15-16H,1-2H2,(H,11,12)(H,13,17,18)/t4-,5+,6?/m0/s1. The number of ether oxygens (including phenoxy) is 1. The zero-order valence-electron chi connectivity index (χ0n) is 9.74. The molecule has 0 spiro atoms. The zero-order valence-corrected chi connectivity index (χ0v) is 9.74. The van der Waals surface area contributed by atoms with Crippen LogP contribution in [0.5, 0.6) is 0 Å². The van der Waals surface area contributed by atoms with Crippen LogP contribution < -0.4 is 11.2 Å². The lowest BCUT2D eigenvalue weighted by Crippen LogP contribution is -2.36. The van der Waals surface area contributed by atoms with E-state index in [4.69, 9.17) is 4.74 Å². The third-order valence-electron chi connectivity index (χ3n) is 3.13. The Labute approximate surface area is 105 Å². The summed E-state index contributed by atoms with van der Waals surface area (Å²) in [5.41, 5.74) is -0.831. The van der Waals surface area contributed by atoms with Crippen LogP contribution in [0, 0.1) is 0 Å². The number of nitrogens with zero attached hydrogens (tertiary/aromatic N) is 2. The fourth-order valence-corrected chi connectivity index (χ4v) is 2.20. The molecular weight excluding hydrogens is 256 g/mol. The number of aromatic nitrogens is 4. The molecule has 1 aliphatic heterocycles. The molecule has 19 heavy (non-hydrogen) atoms. The van der Waals surface area contributed by atoms with Crippen molar-refractivity contribution in [1.29, 1.82) is 0 Å². The number of nitrogens with one attached hydrogen (secondary N) is 2. The van der Waals surface area contributed by atoms with Gasteiger partial charge in [0.25, 0.3) is 5.56 Å². The van der Waals surface area contributed by atoms with E-state index in [9.17, 15) is 19.8 Å². The van der Waals surface area contributed by atoms with E-state index in [0.29, 0.717) is 0 Å². The first kappa shape index (κ1) is 12.1.